The van der Waals surface area contributed by atoms with Crippen LogP contribution in [0.2, 0.25) is 5.02 Å². The number of allylic oxidation sites excluding steroid dienone is 1. The molecular formula is C12H9ClN2O2. The maximum Gasteiger partial charge on any atom is 0.161 e. The van der Waals surface area contributed by atoms with Crippen LogP contribution in [0.4, 0.5) is 0 Å². The Morgan fingerprint density at radius 3 is 2.65 bits per heavy atom. The van der Waals surface area contributed by atoms with Crippen molar-refractivity contribution < 1.29 is 9.84 Å². The van der Waals surface area contributed by atoms with Crippen LogP contribution in [0.15, 0.2) is 17.7 Å². The molecule has 5 heteroatoms. The van der Waals surface area contributed by atoms with Crippen LogP contribution in [0.25, 0.3) is 6.08 Å². The molecule has 0 atom stereocenters. The van der Waals surface area contributed by atoms with Crippen LogP contribution >= 0.6 is 11.6 Å². The number of phenolic OH excluding ortho intramolecular Hbond substituents is 1. The van der Waals surface area contributed by atoms with E-state index in [1.165, 1.54) is 18.2 Å². The number of nitriles is 2. The molecule has 0 aromatic heterocycles. The molecule has 0 radical (unpaired) electrons. The maximum atomic E-state index is 9.54. The van der Waals surface area contributed by atoms with Gasteiger partial charge in [-0.25, -0.2) is 0 Å². The van der Waals surface area contributed by atoms with Crippen LogP contribution in [0.3, 0.4) is 0 Å². The van der Waals surface area contributed by atoms with Gasteiger partial charge < -0.3 is 9.84 Å². The Labute approximate surface area is 104 Å². The molecule has 0 saturated carbocycles. The molecule has 0 aliphatic heterocycles. The van der Waals surface area contributed by atoms with Gasteiger partial charge in [-0.1, -0.05) is 11.6 Å². The zero-order valence-corrected chi connectivity index (χ0v) is 9.82. The third kappa shape index (κ3) is 3.14. The van der Waals surface area contributed by atoms with Crippen LogP contribution in [0.1, 0.15) is 12.5 Å². The number of aromatic hydroxyl groups is 1. The van der Waals surface area contributed by atoms with Gasteiger partial charge >= 0.3 is 0 Å². The van der Waals surface area contributed by atoms with Gasteiger partial charge in [-0.15, -0.1) is 0 Å². The Kier molecular flexibility index (Phi) is 4.39. The topological polar surface area (TPSA) is 77.0 Å². The second kappa shape index (κ2) is 5.79. The van der Waals surface area contributed by atoms with Crippen molar-refractivity contribution >= 4 is 17.7 Å². The highest BCUT2D eigenvalue weighted by atomic mass is 35.5. The Bertz CT molecular complexity index is 523. The lowest BCUT2D eigenvalue weighted by atomic mass is 10.1. The lowest BCUT2D eigenvalue weighted by molar-refractivity contribution is 0.318. The first-order chi connectivity index (χ1) is 8.12. The van der Waals surface area contributed by atoms with E-state index in [0.717, 1.165) is 0 Å². The molecule has 1 rings (SSSR count). The fourth-order valence-corrected chi connectivity index (χ4v) is 1.40. The molecular weight excluding hydrogens is 240 g/mol. The van der Waals surface area contributed by atoms with E-state index in [1.54, 1.807) is 19.1 Å². The summed E-state index contributed by atoms with van der Waals surface area (Å²) >= 11 is 5.88. The molecule has 0 saturated heterocycles. The molecule has 0 aliphatic carbocycles. The number of halogens is 1. The van der Waals surface area contributed by atoms with Gasteiger partial charge in [0, 0.05) is 6.07 Å². The molecule has 0 unspecified atom stereocenters. The fraction of sp³-hybridized carbons (Fsp3) is 0.167. The lowest BCUT2D eigenvalue weighted by Crippen LogP contribution is -1.92. The van der Waals surface area contributed by atoms with Crippen molar-refractivity contribution in [2.75, 3.05) is 6.61 Å². The van der Waals surface area contributed by atoms with Gasteiger partial charge in [0.15, 0.2) is 11.5 Å². The monoisotopic (exact) mass is 248 g/mol. The van der Waals surface area contributed by atoms with Gasteiger partial charge in [-0.05, 0) is 24.6 Å². The first-order valence-corrected chi connectivity index (χ1v) is 5.17. The predicted molar refractivity (Wildman–Crippen MR) is 63.5 cm³/mol. The molecule has 4 nitrogen and oxygen atoms in total. The molecule has 17 heavy (non-hydrogen) atoms. The van der Waals surface area contributed by atoms with Crippen molar-refractivity contribution in [1.82, 2.24) is 0 Å². The number of ether oxygens (including phenoxy) is 1. The zero-order valence-electron chi connectivity index (χ0n) is 9.07. The highest BCUT2D eigenvalue weighted by Gasteiger charge is 2.08. The van der Waals surface area contributed by atoms with Crippen molar-refractivity contribution in [3.8, 4) is 23.6 Å². The molecule has 1 aromatic carbocycles. The molecule has 0 heterocycles. The number of phenols is 1. The number of hydrogen-bond acceptors (Lipinski definition) is 4. The lowest BCUT2D eigenvalue weighted by Gasteiger charge is -2.08. The summed E-state index contributed by atoms with van der Waals surface area (Å²) in [6.45, 7) is 2.17. The van der Waals surface area contributed by atoms with Crippen LogP contribution in [-0.4, -0.2) is 11.7 Å². The van der Waals surface area contributed by atoms with Crippen molar-refractivity contribution in [3.63, 3.8) is 0 Å². The van der Waals surface area contributed by atoms with Gasteiger partial charge in [0.05, 0.1) is 11.6 Å². The average molecular weight is 249 g/mol. The summed E-state index contributed by atoms with van der Waals surface area (Å²) in [7, 11) is 0. The molecule has 1 aromatic rings. The van der Waals surface area contributed by atoms with E-state index in [4.69, 9.17) is 26.9 Å². The Hall–Kier alpha value is -2.17. The molecule has 1 N–H and O–H groups in total. The Morgan fingerprint density at radius 2 is 2.12 bits per heavy atom. The minimum atomic E-state index is -0.0792. The van der Waals surface area contributed by atoms with Crippen molar-refractivity contribution in [2.45, 2.75) is 6.92 Å². The van der Waals surface area contributed by atoms with Gasteiger partial charge in [-0.2, -0.15) is 10.5 Å². The standard InChI is InChI=1S/C12H9ClN2O2/c1-2-17-12-4-9(3-8(6-14)7-15)10(13)5-11(12)16/h3-5,16H,2H2,1H3. The quantitative estimate of drug-likeness (QED) is 0.835. The average Bonchev–Trinajstić information content (AvgIpc) is 2.31. The summed E-state index contributed by atoms with van der Waals surface area (Å²) < 4.78 is 5.18. The van der Waals surface area contributed by atoms with E-state index in [-0.39, 0.29) is 22.1 Å². The highest BCUT2D eigenvalue weighted by molar-refractivity contribution is 6.32. The summed E-state index contributed by atoms with van der Waals surface area (Å²) in [5.74, 6) is 0.183. The van der Waals surface area contributed by atoms with E-state index in [0.29, 0.717) is 12.2 Å². The maximum absolute atomic E-state index is 9.54. The van der Waals surface area contributed by atoms with Crippen molar-refractivity contribution in [2.24, 2.45) is 0 Å². The largest absolute Gasteiger partial charge is 0.504 e. The number of nitrogens with zero attached hydrogens (tertiary/aromatic N) is 2. The molecule has 86 valence electrons. The predicted octanol–water partition coefficient (Wildman–Crippen LogP) is 2.87. The second-order valence-corrected chi connectivity index (χ2v) is 3.46. The molecule has 0 aliphatic rings. The highest BCUT2D eigenvalue weighted by Crippen LogP contribution is 2.33. The van der Waals surface area contributed by atoms with E-state index < -0.39 is 0 Å². The van der Waals surface area contributed by atoms with Crippen molar-refractivity contribution in [3.05, 3.63) is 28.3 Å². The van der Waals surface area contributed by atoms with E-state index >= 15 is 0 Å². The summed E-state index contributed by atoms with van der Waals surface area (Å²) in [5.41, 5.74) is 0.381. The summed E-state index contributed by atoms with van der Waals surface area (Å²) in [6, 6.07) is 6.26. The SMILES string of the molecule is CCOc1cc(C=C(C#N)C#N)c(Cl)cc1O. The number of hydrogen-bond donors (Lipinski definition) is 1. The number of benzene rings is 1. The minimum Gasteiger partial charge on any atom is -0.504 e. The molecule has 0 amide bonds. The summed E-state index contributed by atoms with van der Waals surface area (Å²) in [4.78, 5) is 0. The number of rotatable bonds is 3. The third-order valence-electron chi connectivity index (χ3n) is 1.92. The summed E-state index contributed by atoms with van der Waals surface area (Å²) in [6.07, 6.45) is 1.34. The van der Waals surface area contributed by atoms with E-state index in [2.05, 4.69) is 0 Å². The third-order valence-corrected chi connectivity index (χ3v) is 2.25. The second-order valence-electron chi connectivity index (χ2n) is 3.06. The summed E-state index contributed by atoms with van der Waals surface area (Å²) in [5, 5.41) is 27.1. The molecule has 0 fully saturated rings. The van der Waals surface area contributed by atoms with Crippen LogP contribution < -0.4 is 4.74 Å². The normalized spacial score (nSPS) is 8.94. The zero-order chi connectivity index (χ0) is 12.8. The minimum absolute atomic E-state index is 0.0694. The smallest absolute Gasteiger partial charge is 0.161 e. The van der Waals surface area contributed by atoms with Crippen LogP contribution in [0, 0.1) is 22.7 Å². The van der Waals surface area contributed by atoms with Gasteiger partial charge in [0.25, 0.3) is 0 Å². The Balaban J connectivity index is 3.27. The van der Waals surface area contributed by atoms with Gasteiger partial charge in [0.1, 0.15) is 17.7 Å². The van der Waals surface area contributed by atoms with E-state index in [1.807, 2.05) is 0 Å². The van der Waals surface area contributed by atoms with Gasteiger partial charge in [0.2, 0.25) is 0 Å². The van der Waals surface area contributed by atoms with Crippen molar-refractivity contribution in [1.29, 1.82) is 10.5 Å². The fourth-order valence-electron chi connectivity index (χ4n) is 1.19. The van der Waals surface area contributed by atoms with E-state index in [9.17, 15) is 5.11 Å². The molecule has 0 spiro atoms. The van der Waals surface area contributed by atoms with Crippen LogP contribution in [-0.2, 0) is 0 Å². The first kappa shape index (κ1) is 12.9. The molecule has 0 bridgehead atoms. The van der Waals surface area contributed by atoms with Crippen LogP contribution in [0.5, 0.6) is 11.5 Å². The Morgan fingerprint density at radius 1 is 1.47 bits per heavy atom. The first-order valence-electron chi connectivity index (χ1n) is 4.79. The van der Waals surface area contributed by atoms with Gasteiger partial charge in [-0.3, -0.25) is 0 Å².